The fraction of sp³-hybridized carbons (Fsp3) is 0.542. The van der Waals surface area contributed by atoms with Gasteiger partial charge < -0.3 is 4.90 Å². The normalized spacial score (nSPS) is 36.5. The van der Waals surface area contributed by atoms with E-state index in [-0.39, 0.29) is 35.5 Å². The van der Waals surface area contributed by atoms with Crippen molar-refractivity contribution >= 4 is 17.7 Å². The molecule has 6 atom stereocenters. The van der Waals surface area contributed by atoms with Gasteiger partial charge in [-0.1, -0.05) is 24.3 Å². The van der Waals surface area contributed by atoms with E-state index in [4.69, 9.17) is 0 Å². The summed E-state index contributed by atoms with van der Waals surface area (Å²) in [5.41, 5.74) is 4.22. The zero-order chi connectivity index (χ0) is 21.3. The Bertz CT molecular complexity index is 930. The largest absolute Gasteiger partial charge is 0.304 e. The van der Waals surface area contributed by atoms with E-state index in [0.717, 1.165) is 49.7 Å². The Hall–Kier alpha value is -2.51. The van der Waals surface area contributed by atoms with Crippen LogP contribution in [0.25, 0.3) is 0 Å². The van der Waals surface area contributed by atoms with Gasteiger partial charge in [0.05, 0.1) is 11.8 Å². The summed E-state index contributed by atoms with van der Waals surface area (Å²) in [6.07, 6.45) is 5.40. The summed E-state index contributed by atoms with van der Waals surface area (Å²) in [5, 5.41) is 1.01. The molecule has 3 amide bonds. The van der Waals surface area contributed by atoms with Gasteiger partial charge in [0.15, 0.2) is 0 Å². The number of imide groups is 1. The highest BCUT2D eigenvalue weighted by molar-refractivity contribution is 6.08. The van der Waals surface area contributed by atoms with Gasteiger partial charge in [-0.25, -0.2) is 0 Å². The van der Waals surface area contributed by atoms with Crippen LogP contribution in [0.2, 0.25) is 0 Å². The van der Waals surface area contributed by atoms with Gasteiger partial charge in [-0.05, 0) is 54.8 Å². The van der Waals surface area contributed by atoms with Crippen molar-refractivity contribution in [1.29, 1.82) is 0 Å². The lowest BCUT2D eigenvalue weighted by Crippen LogP contribution is -2.47. The minimum atomic E-state index is -0.406. The van der Waals surface area contributed by atoms with Crippen LogP contribution in [-0.2, 0) is 16.1 Å². The number of allylic oxidation sites excluding steroid dienone is 2. The summed E-state index contributed by atoms with van der Waals surface area (Å²) in [4.78, 5) is 43.6. The molecule has 4 unspecified atom stereocenters. The fourth-order valence-corrected chi connectivity index (χ4v) is 6.26. The fourth-order valence-electron chi connectivity index (χ4n) is 6.26. The highest BCUT2D eigenvalue weighted by atomic mass is 16.2. The number of nitrogens with zero attached hydrogens (tertiary/aromatic N) is 3. The van der Waals surface area contributed by atoms with Crippen LogP contribution in [0.3, 0.4) is 0 Å². The van der Waals surface area contributed by atoms with E-state index in [1.807, 2.05) is 12.1 Å². The van der Waals surface area contributed by atoms with Crippen LogP contribution in [-0.4, -0.2) is 65.8 Å². The lowest BCUT2D eigenvalue weighted by atomic mass is 9.63. The zero-order valence-electron chi connectivity index (χ0n) is 17.7. The number of hydrogen-bond acceptors (Lipinski definition) is 5. The number of nitrogens with one attached hydrogen (secondary N) is 1. The highest BCUT2D eigenvalue weighted by Crippen LogP contribution is 2.65. The molecule has 2 aliphatic heterocycles. The number of amides is 3. The summed E-state index contributed by atoms with van der Waals surface area (Å²) in [7, 11) is 2.14. The van der Waals surface area contributed by atoms with Crippen molar-refractivity contribution < 1.29 is 14.4 Å². The second-order valence-corrected chi connectivity index (χ2v) is 9.88. The minimum absolute atomic E-state index is 0.159. The van der Waals surface area contributed by atoms with Gasteiger partial charge in [0.2, 0.25) is 0 Å². The topological polar surface area (TPSA) is 73.0 Å². The Labute approximate surface area is 182 Å². The van der Waals surface area contributed by atoms with Crippen LogP contribution in [0.15, 0.2) is 36.4 Å². The first-order valence-electron chi connectivity index (χ1n) is 11.4. The molecule has 162 valence electrons. The average Bonchev–Trinajstić information content (AvgIpc) is 3.57. The van der Waals surface area contributed by atoms with Crippen molar-refractivity contribution in [3.8, 4) is 0 Å². The predicted molar refractivity (Wildman–Crippen MR) is 113 cm³/mol. The molecule has 2 saturated heterocycles. The number of carbonyl (C=O) groups excluding carboxylic acids is 3. The van der Waals surface area contributed by atoms with E-state index < -0.39 is 5.91 Å². The monoisotopic (exact) mass is 420 g/mol. The second kappa shape index (κ2) is 7.00. The average molecular weight is 421 g/mol. The molecule has 1 aromatic rings. The van der Waals surface area contributed by atoms with Gasteiger partial charge >= 0.3 is 0 Å². The summed E-state index contributed by atoms with van der Waals surface area (Å²) < 4.78 is 0. The molecular formula is C24H28N4O3. The van der Waals surface area contributed by atoms with Crippen molar-refractivity contribution in [2.24, 2.45) is 35.5 Å². The van der Waals surface area contributed by atoms with Gasteiger partial charge in [0.25, 0.3) is 17.7 Å². The first-order chi connectivity index (χ1) is 15.0. The molecule has 2 saturated carbocycles. The second-order valence-electron chi connectivity index (χ2n) is 9.88. The van der Waals surface area contributed by atoms with Gasteiger partial charge in [-0.15, -0.1) is 0 Å². The molecule has 7 heteroatoms. The van der Waals surface area contributed by atoms with E-state index >= 15 is 0 Å². The molecule has 31 heavy (non-hydrogen) atoms. The third-order valence-electron chi connectivity index (χ3n) is 8.09. The van der Waals surface area contributed by atoms with Crippen molar-refractivity contribution in [3.63, 3.8) is 0 Å². The van der Waals surface area contributed by atoms with Crippen LogP contribution in [0.1, 0.15) is 22.3 Å². The molecular weight excluding hydrogens is 392 g/mol. The molecule has 6 aliphatic rings. The Morgan fingerprint density at radius 2 is 1.52 bits per heavy atom. The zero-order valence-corrected chi connectivity index (χ0v) is 17.7. The number of hydrazine groups is 1. The van der Waals surface area contributed by atoms with Gasteiger partial charge in [-0.3, -0.25) is 24.7 Å². The van der Waals surface area contributed by atoms with Crippen molar-refractivity contribution in [3.05, 3.63) is 47.5 Å². The van der Waals surface area contributed by atoms with E-state index in [0.29, 0.717) is 17.4 Å². The van der Waals surface area contributed by atoms with Gasteiger partial charge in [0.1, 0.15) is 0 Å². The summed E-state index contributed by atoms with van der Waals surface area (Å²) in [6, 6.07) is 7.47. The number of carbonyl (C=O) groups is 3. The lowest BCUT2D eigenvalue weighted by molar-refractivity contribution is -0.143. The molecule has 0 spiro atoms. The SMILES string of the molecule is CN1CCN(Cc2ccc(C(=O)NN3C(=O)[C@@H]4C5C=CC(C6CC65)[C@@H]4C3=O)cc2)CC1. The van der Waals surface area contributed by atoms with Crippen molar-refractivity contribution in [2.75, 3.05) is 33.2 Å². The maximum atomic E-state index is 13.0. The van der Waals surface area contributed by atoms with Gasteiger partial charge in [-0.2, -0.15) is 5.01 Å². The molecule has 7 nitrogen and oxygen atoms in total. The molecule has 2 heterocycles. The van der Waals surface area contributed by atoms with Crippen LogP contribution in [0.4, 0.5) is 0 Å². The van der Waals surface area contributed by atoms with Crippen LogP contribution in [0.5, 0.6) is 0 Å². The van der Waals surface area contributed by atoms with E-state index in [9.17, 15) is 14.4 Å². The standard InChI is InChI=1S/C24H28N4O3/c1-26-8-10-27(11-9-26)13-14-2-4-15(5-3-14)22(29)25-28-23(30)20-16-6-7-17(19-12-18(16)19)21(20)24(28)31/h2-7,16-21H,8-13H2,1H3,(H,25,29)/t16?,17?,18?,19?,20-,21+. The van der Waals surface area contributed by atoms with E-state index in [2.05, 4.69) is 34.4 Å². The van der Waals surface area contributed by atoms with Crippen LogP contribution >= 0.6 is 0 Å². The van der Waals surface area contributed by atoms with E-state index in [1.54, 1.807) is 12.1 Å². The van der Waals surface area contributed by atoms with Crippen LogP contribution < -0.4 is 5.43 Å². The predicted octanol–water partition coefficient (Wildman–Crippen LogP) is 1.13. The third-order valence-corrected chi connectivity index (χ3v) is 8.09. The quantitative estimate of drug-likeness (QED) is 0.584. The molecule has 0 aromatic heterocycles. The molecule has 0 radical (unpaired) electrons. The summed E-state index contributed by atoms with van der Waals surface area (Å²) in [6.45, 7) is 5.08. The molecule has 2 bridgehead atoms. The summed E-state index contributed by atoms with van der Waals surface area (Å²) in [5.74, 6) is -0.0427. The Kier molecular flexibility index (Phi) is 4.34. The molecule has 1 N–H and O–H groups in total. The Morgan fingerprint density at radius 3 is 2.10 bits per heavy atom. The molecule has 1 aromatic carbocycles. The number of rotatable bonds is 4. The third kappa shape index (κ3) is 3.05. The number of benzene rings is 1. The molecule has 7 rings (SSSR count). The van der Waals surface area contributed by atoms with Crippen molar-refractivity contribution in [1.82, 2.24) is 20.2 Å². The molecule has 4 fully saturated rings. The maximum absolute atomic E-state index is 13.0. The first kappa shape index (κ1) is 19.2. The minimum Gasteiger partial charge on any atom is -0.304 e. The summed E-state index contributed by atoms with van der Waals surface area (Å²) >= 11 is 0. The molecule has 4 aliphatic carbocycles. The first-order valence-corrected chi connectivity index (χ1v) is 11.4. The van der Waals surface area contributed by atoms with Crippen LogP contribution in [0, 0.1) is 35.5 Å². The smallest absolute Gasteiger partial charge is 0.270 e. The maximum Gasteiger partial charge on any atom is 0.270 e. The lowest BCUT2D eigenvalue weighted by Gasteiger charge is -2.37. The Balaban J connectivity index is 1.11. The van der Waals surface area contributed by atoms with Gasteiger partial charge in [0, 0.05) is 38.3 Å². The Morgan fingerprint density at radius 1 is 0.935 bits per heavy atom. The van der Waals surface area contributed by atoms with Crippen molar-refractivity contribution in [2.45, 2.75) is 13.0 Å². The number of hydrogen-bond donors (Lipinski definition) is 1. The van der Waals surface area contributed by atoms with E-state index in [1.165, 1.54) is 0 Å². The number of piperazine rings is 1. The highest BCUT2D eigenvalue weighted by Gasteiger charge is 2.67. The number of likely N-dealkylation sites (N-methyl/N-ethyl adjacent to an activating group) is 1.